The molecule has 1 aliphatic rings. The van der Waals surface area contributed by atoms with Gasteiger partial charge in [-0.3, -0.25) is 4.79 Å². The second kappa shape index (κ2) is 5.41. The summed E-state index contributed by atoms with van der Waals surface area (Å²) in [7, 11) is 0. The van der Waals surface area contributed by atoms with Crippen LogP contribution in [0.15, 0.2) is 18.2 Å². The Morgan fingerprint density at radius 1 is 1.37 bits per heavy atom. The zero-order chi connectivity index (χ0) is 14.0. The van der Waals surface area contributed by atoms with E-state index in [1.54, 1.807) is 6.07 Å². The van der Waals surface area contributed by atoms with E-state index in [-0.39, 0.29) is 29.7 Å². The van der Waals surface area contributed by atoms with Crippen LogP contribution in [0.1, 0.15) is 35.4 Å². The lowest BCUT2D eigenvalue weighted by molar-refractivity contribution is -0.138. The third kappa shape index (κ3) is 3.21. The van der Waals surface area contributed by atoms with Crippen LogP contribution in [0.5, 0.6) is 0 Å². The van der Waals surface area contributed by atoms with Crippen molar-refractivity contribution in [1.29, 1.82) is 0 Å². The number of halogens is 4. The molecule has 6 heteroatoms. The molecule has 104 valence electrons. The summed E-state index contributed by atoms with van der Waals surface area (Å²) in [6.45, 7) is 0.502. The molecule has 0 unspecified atom stereocenters. The smallest absolute Gasteiger partial charge is 0.356 e. The summed E-state index contributed by atoms with van der Waals surface area (Å²) in [5, 5.41) is 2.67. The number of benzene rings is 1. The molecular weight excluding hydrogens is 279 g/mol. The van der Waals surface area contributed by atoms with E-state index in [2.05, 4.69) is 5.32 Å². The van der Waals surface area contributed by atoms with Gasteiger partial charge in [-0.2, -0.15) is 13.2 Å². The van der Waals surface area contributed by atoms with Gasteiger partial charge in [0.05, 0.1) is 5.56 Å². The summed E-state index contributed by atoms with van der Waals surface area (Å²) in [6, 6.07) is 4.16. The lowest BCUT2D eigenvalue weighted by atomic mass is 9.88. The molecule has 1 N–H and O–H groups in total. The predicted molar refractivity (Wildman–Crippen MR) is 66.0 cm³/mol. The second-order valence-electron chi connectivity index (χ2n) is 4.59. The molecule has 1 aromatic carbocycles. The van der Waals surface area contributed by atoms with Gasteiger partial charge in [0.2, 0.25) is 5.91 Å². The fourth-order valence-corrected chi connectivity index (χ4v) is 2.53. The van der Waals surface area contributed by atoms with Gasteiger partial charge in [0.1, 0.15) is 0 Å². The van der Waals surface area contributed by atoms with E-state index < -0.39 is 11.7 Å². The average molecular weight is 292 g/mol. The lowest BCUT2D eigenvalue weighted by Gasteiger charge is -2.23. The second-order valence-corrected chi connectivity index (χ2v) is 4.85. The lowest BCUT2D eigenvalue weighted by Crippen LogP contribution is -2.32. The number of carbonyl (C=O) groups is 1. The molecule has 1 aliphatic heterocycles. The molecule has 0 radical (unpaired) electrons. The molecule has 1 amide bonds. The van der Waals surface area contributed by atoms with Crippen molar-refractivity contribution in [3.63, 3.8) is 0 Å². The molecule has 0 aromatic heterocycles. The zero-order valence-electron chi connectivity index (χ0n) is 10.1. The fourth-order valence-electron chi connectivity index (χ4n) is 2.30. The number of nitrogens with one attached hydrogen (secondary N) is 1. The van der Waals surface area contributed by atoms with E-state index in [1.165, 1.54) is 6.07 Å². The van der Waals surface area contributed by atoms with Crippen LogP contribution in [-0.2, 0) is 16.9 Å². The Labute approximate surface area is 113 Å². The molecule has 2 nitrogen and oxygen atoms in total. The average Bonchev–Trinajstić information content (AvgIpc) is 2.37. The number of piperidine rings is 1. The van der Waals surface area contributed by atoms with Gasteiger partial charge in [0.15, 0.2) is 0 Å². The highest BCUT2D eigenvalue weighted by molar-refractivity contribution is 6.17. The summed E-state index contributed by atoms with van der Waals surface area (Å²) in [4.78, 5) is 11.3. The van der Waals surface area contributed by atoms with E-state index in [9.17, 15) is 18.0 Å². The van der Waals surface area contributed by atoms with Crippen LogP contribution >= 0.6 is 11.6 Å². The number of rotatable bonds is 2. The van der Waals surface area contributed by atoms with Crippen LogP contribution in [0, 0.1) is 0 Å². The predicted octanol–water partition coefficient (Wildman–Crippen LogP) is 3.44. The monoisotopic (exact) mass is 291 g/mol. The third-order valence-electron chi connectivity index (χ3n) is 3.30. The highest BCUT2D eigenvalue weighted by atomic mass is 35.5. The Bertz CT molecular complexity index is 487. The third-order valence-corrected chi connectivity index (χ3v) is 3.59. The van der Waals surface area contributed by atoms with E-state index in [1.807, 2.05) is 0 Å². The summed E-state index contributed by atoms with van der Waals surface area (Å²) >= 11 is 5.54. The number of carbonyl (C=O) groups excluding carboxylic acids is 1. The van der Waals surface area contributed by atoms with Gasteiger partial charge in [-0.15, -0.1) is 11.6 Å². The van der Waals surface area contributed by atoms with Crippen LogP contribution in [0.4, 0.5) is 13.2 Å². The number of amides is 1. The summed E-state index contributed by atoms with van der Waals surface area (Å²) in [6.07, 6.45) is -3.53. The van der Waals surface area contributed by atoms with E-state index in [0.29, 0.717) is 18.5 Å². The van der Waals surface area contributed by atoms with Crippen molar-refractivity contribution in [2.24, 2.45) is 0 Å². The summed E-state index contributed by atoms with van der Waals surface area (Å²) in [5.41, 5.74) is -0.0831. The molecule has 1 fully saturated rings. The molecule has 0 bridgehead atoms. The van der Waals surface area contributed by atoms with Gasteiger partial charge in [-0.1, -0.05) is 12.1 Å². The van der Waals surface area contributed by atoms with Crippen LogP contribution in [0.2, 0.25) is 0 Å². The quantitative estimate of drug-likeness (QED) is 0.831. The Kier molecular flexibility index (Phi) is 4.04. The molecule has 2 rings (SSSR count). The highest BCUT2D eigenvalue weighted by Gasteiger charge is 2.34. The molecule has 1 heterocycles. The minimum Gasteiger partial charge on any atom is -0.356 e. The maximum absolute atomic E-state index is 12.9. The molecule has 1 atom stereocenters. The molecule has 1 aromatic rings. The van der Waals surface area contributed by atoms with Gasteiger partial charge >= 0.3 is 6.18 Å². The summed E-state index contributed by atoms with van der Waals surface area (Å²) in [5.74, 6) is -0.453. The van der Waals surface area contributed by atoms with Crippen LogP contribution in [0.3, 0.4) is 0 Å². The van der Waals surface area contributed by atoms with Crippen molar-refractivity contribution in [2.75, 3.05) is 6.54 Å². The van der Waals surface area contributed by atoms with Gasteiger partial charge in [-0.05, 0) is 29.5 Å². The SMILES string of the molecule is O=C1C[C@@H](c2ccc(CCl)c(C(F)(F)F)c2)CCN1. The van der Waals surface area contributed by atoms with Gasteiger partial charge in [-0.25, -0.2) is 0 Å². The molecular formula is C13H13ClF3NO. The first kappa shape index (κ1) is 14.2. The highest BCUT2D eigenvalue weighted by Crippen LogP contribution is 2.36. The van der Waals surface area contributed by atoms with Crippen LogP contribution in [-0.4, -0.2) is 12.5 Å². The topological polar surface area (TPSA) is 29.1 Å². The van der Waals surface area contributed by atoms with Gasteiger partial charge in [0, 0.05) is 18.8 Å². The first-order chi connectivity index (χ1) is 8.91. The van der Waals surface area contributed by atoms with Crippen molar-refractivity contribution in [3.05, 3.63) is 34.9 Å². The maximum atomic E-state index is 12.9. The number of alkyl halides is 4. The molecule has 1 saturated heterocycles. The van der Waals surface area contributed by atoms with Gasteiger partial charge < -0.3 is 5.32 Å². The van der Waals surface area contributed by atoms with Crippen molar-refractivity contribution in [3.8, 4) is 0 Å². The minimum absolute atomic E-state index is 0.0678. The Morgan fingerprint density at radius 2 is 2.11 bits per heavy atom. The minimum atomic E-state index is -4.42. The Morgan fingerprint density at radius 3 is 2.68 bits per heavy atom. The van der Waals surface area contributed by atoms with E-state index in [4.69, 9.17) is 11.6 Å². The largest absolute Gasteiger partial charge is 0.416 e. The normalized spacial score (nSPS) is 20.2. The standard InChI is InChI=1S/C13H13ClF3NO/c14-7-10-2-1-8(5-11(10)13(15,16)17)9-3-4-18-12(19)6-9/h1-2,5,9H,3-4,6-7H2,(H,18,19)/t9-/m0/s1. The van der Waals surface area contributed by atoms with Crippen LogP contribution in [0.25, 0.3) is 0 Å². The molecule has 0 saturated carbocycles. The van der Waals surface area contributed by atoms with Crippen molar-refractivity contribution < 1.29 is 18.0 Å². The number of hydrogen-bond donors (Lipinski definition) is 1. The van der Waals surface area contributed by atoms with Gasteiger partial charge in [0.25, 0.3) is 0 Å². The number of hydrogen-bond acceptors (Lipinski definition) is 1. The first-order valence-electron chi connectivity index (χ1n) is 5.94. The van der Waals surface area contributed by atoms with Crippen molar-refractivity contribution in [2.45, 2.75) is 30.8 Å². The van der Waals surface area contributed by atoms with Crippen LogP contribution < -0.4 is 5.32 Å². The zero-order valence-corrected chi connectivity index (χ0v) is 10.8. The maximum Gasteiger partial charge on any atom is 0.416 e. The first-order valence-corrected chi connectivity index (χ1v) is 6.48. The molecule has 0 aliphatic carbocycles. The molecule has 19 heavy (non-hydrogen) atoms. The van der Waals surface area contributed by atoms with E-state index >= 15 is 0 Å². The molecule has 0 spiro atoms. The fraction of sp³-hybridized carbons (Fsp3) is 0.462. The van der Waals surface area contributed by atoms with E-state index in [0.717, 1.165) is 6.07 Å². The summed E-state index contributed by atoms with van der Waals surface area (Å²) < 4.78 is 38.8. The Balaban J connectivity index is 2.35. The Hall–Kier alpha value is -1.23. The van der Waals surface area contributed by atoms with Crippen molar-refractivity contribution in [1.82, 2.24) is 5.32 Å². The van der Waals surface area contributed by atoms with Crippen molar-refractivity contribution >= 4 is 17.5 Å².